The van der Waals surface area contributed by atoms with E-state index in [1.54, 1.807) is 19.1 Å². The van der Waals surface area contributed by atoms with Crippen LogP contribution in [0.15, 0.2) is 30.3 Å². The van der Waals surface area contributed by atoms with Crippen LogP contribution in [0.25, 0.3) is 11.1 Å². The maximum atomic E-state index is 13.5. The summed E-state index contributed by atoms with van der Waals surface area (Å²) in [6, 6.07) is 8.00. The van der Waals surface area contributed by atoms with Crippen LogP contribution in [0.3, 0.4) is 0 Å². The predicted octanol–water partition coefficient (Wildman–Crippen LogP) is 6.04. The number of nitrogens with zero attached hydrogens (tertiary/aromatic N) is 1. The van der Waals surface area contributed by atoms with Crippen LogP contribution >= 0.6 is 11.6 Å². The number of carbonyl (C=O) groups excluding carboxylic acids is 1. The van der Waals surface area contributed by atoms with Crippen molar-refractivity contribution in [3.8, 4) is 11.1 Å². The molecule has 0 amide bonds. The summed E-state index contributed by atoms with van der Waals surface area (Å²) in [5.74, 6) is -0.0169. The molecule has 122 valence electrons. The molecule has 1 aromatic carbocycles. The molecular formula is C19H21ClFNO. The van der Waals surface area contributed by atoms with Gasteiger partial charge in [-0.2, -0.15) is 0 Å². The van der Waals surface area contributed by atoms with Gasteiger partial charge < -0.3 is 0 Å². The SMILES string of the molecule is CC.CCC(=O)c1cc(F)ccc1-c1cc(Cl)nc(C2CC2)c1. The van der Waals surface area contributed by atoms with Gasteiger partial charge in [0.25, 0.3) is 0 Å². The van der Waals surface area contributed by atoms with Crippen molar-refractivity contribution in [3.05, 3.63) is 52.6 Å². The molecule has 0 atom stereocenters. The minimum atomic E-state index is -0.405. The van der Waals surface area contributed by atoms with Crippen molar-refractivity contribution in [2.75, 3.05) is 0 Å². The zero-order valence-corrected chi connectivity index (χ0v) is 14.5. The lowest BCUT2D eigenvalue weighted by Gasteiger charge is -2.10. The van der Waals surface area contributed by atoms with Gasteiger partial charge >= 0.3 is 0 Å². The van der Waals surface area contributed by atoms with Crippen LogP contribution in [0.5, 0.6) is 0 Å². The van der Waals surface area contributed by atoms with E-state index in [1.807, 2.05) is 19.9 Å². The number of benzene rings is 1. The molecule has 3 rings (SSSR count). The van der Waals surface area contributed by atoms with Crippen LogP contribution in [0.4, 0.5) is 4.39 Å². The third-order valence-corrected chi connectivity index (χ3v) is 3.92. The number of halogens is 2. The van der Waals surface area contributed by atoms with Gasteiger partial charge in [0.15, 0.2) is 5.78 Å². The van der Waals surface area contributed by atoms with Gasteiger partial charge in [-0.1, -0.05) is 38.4 Å². The van der Waals surface area contributed by atoms with Gasteiger partial charge in [-0.15, -0.1) is 0 Å². The molecule has 0 saturated heterocycles. The van der Waals surface area contributed by atoms with Crippen LogP contribution in [-0.2, 0) is 0 Å². The number of Topliss-reactive ketones (excluding diaryl/α,β-unsaturated/α-hetero) is 1. The van der Waals surface area contributed by atoms with E-state index in [-0.39, 0.29) is 5.78 Å². The molecule has 1 aromatic heterocycles. The highest BCUT2D eigenvalue weighted by atomic mass is 35.5. The Bertz CT molecular complexity index is 711. The molecule has 1 aliphatic carbocycles. The van der Waals surface area contributed by atoms with E-state index in [1.165, 1.54) is 12.1 Å². The van der Waals surface area contributed by atoms with Gasteiger partial charge in [0.05, 0.1) is 0 Å². The number of aromatic nitrogens is 1. The van der Waals surface area contributed by atoms with Gasteiger partial charge in [-0.05, 0) is 48.2 Å². The Morgan fingerprint density at radius 2 is 1.96 bits per heavy atom. The molecule has 4 heteroatoms. The second-order valence-electron chi connectivity index (χ2n) is 5.34. The van der Waals surface area contributed by atoms with E-state index in [0.717, 1.165) is 29.7 Å². The highest BCUT2D eigenvalue weighted by Crippen LogP contribution is 2.41. The molecule has 1 aliphatic rings. The molecule has 0 bridgehead atoms. The largest absolute Gasteiger partial charge is 0.294 e. The average molecular weight is 334 g/mol. The summed E-state index contributed by atoms with van der Waals surface area (Å²) in [4.78, 5) is 16.4. The molecule has 0 N–H and O–H groups in total. The molecule has 1 saturated carbocycles. The number of hydrogen-bond donors (Lipinski definition) is 0. The molecule has 0 aliphatic heterocycles. The van der Waals surface area contributed by atoms with Crippen LogP contribution in [-0.4, -0.2) is 10.8 Å². The van der Waals surface area contributed by atoms with Gasteiger partial charge in [0.2, 0.25) is 0 Å². The Labute approximate surface area is 141 Å². The second kappa shape index (κ2) is 7.69. The number of carbonyl (C=O) groups is 1. The molecule has 2 aromatic rings. The number of pyridine rings is 1. The van der Waals surface area contributed by atoms with Gasteiger partial charge in [0, 0.05) is 23.6 Å². The summed E-state index contributed by atoms with van der Waals surface area (Å²) in [6.45, 7) is 5.77. The van der Waals surface area contributed by atoms with Crippen LogP contribution < -0.4 is 0 Å². The molecule has 0 spiro atoms. The third kappa shape index (κ3) is 4.17. The van der Waals surface area contributed by atoms with E-state index < -0.39 is 5.82 Å². The van der Waals surface area contributed by atoms with Crippen LogP contribution in [0, 0.1) is 5.82 Å². The molecule has 23 heavy (non-hydrogen) atoms. The Balaban J connectivity index is 0.000000924. The van der Waals surface area contributed by atoms with Crippen molar-refractivity contribution in [2.24, 2.45) is 0 Å². The fourth-order valence-electron chi connectivity index (χ4n) is 2.45. The Morgan fingerprint density at radius 1 is 1.26 bits per heavy atom. The topological polar surface area (TPSA) is 30.0 Å². The van der Waals surface area contributed by atoms with Gasteiger partial charge in [-0.25, -0.2) is 9.37 Å². The molecule has 1 heterocycles. The van der Waals surface area contributed by atoms with E-state index >= 15 is 0 Å². The summed E-state index contributed by atoms with van der Waals surface area (Å²) in [6.07, 6.45) is 2.58. The third-order valence-electron chi connectivity index (χ3n) is 3.72. The van der Waals surface area contributed by atoms with Crippen molar-refractivity contribution in [2.45, 2.75) is 46.0 Å². The predicted molar refractivity (Wildman–Crippen MR) is 92.6 cm³/mol. The Morgan fingerprint density at radius 3 is 2.57 bits per heavy atom. The Hall–Kier alpha value is -1.74. The van der Waals surface area contributed by atoms with Crippen LogP contribution in [0.2, 0.25) is 5.15 Å². The monoisotopic (exact) mass is 333 g/mol. The first-order chi connectivity index (χ1) is 11.1. The lowest BCUT2D eigenvalue weighted by molar-refractivity contribution is 0.0988. The number of hydrogen-bond acceptors (Lipinski definition) is 2. The summed E-state index contributed by atoms with van der Waals surface area (Å²) in [5.41, 5.74) is 2.90. The summed E-state index contributed by atoms with van der Waals surface area (Å²) >= 11 is 6.10. The van der Waals surface area contributed by atoms with E-state index in [2.05, 4.69) is 4.98 Å². The first kappa shape index (κ1) is 17.6. The zero-order chi connectivity index (χ0) is 17.0. The van der Waals surface area contributed by atoms with Crippen molar-refractivity contribution >= 4 is 17.4 Å². The number of rotatable bonds is 4. The van der Waals surface area contributed by atoms with Gasteiger partial charge in [0.1, 0.15) is 11.0 Å². The fraction of sp³-hybridized carbons (Fsp3) is 0.368. The van der Waals surface area contributed by atoms with Crippen molar-refractivity contribution < 1.29 is 9.18 Å². The van der Waals surface area contributed by atoms with E-state index in [9.17, 15) is 9.18 Å². The molecule has 0 radical (unpaired) electrons. The first-order valence-electron chi connectivity index (χ1n) is 8.09. The molecule has 2 nitrogen and oxygen atoms in total. The standard InChI is InChI=1S/C17H15ClFNO.C2H6/c1-2-16(21)14-9-12(19)5-6-13(14)11-7-15(10-3-4-10)20-17(18)8-11;1-2/h5-10H,2-4H2,1H3;1-2H3. The Kier molecular flexibility index (Phi) is 5.89. The molecule has 1 fully saturated rings. The van der Waals surface area contributed by atoms with Gasteiger partial charge in [-0.3, -0.25) is 4.79 Å². The normalized spacial score (nSPS) is 13.3. The minimum absolute atomic E-state index is 0.0783. The van der Waals surface area contributed by atoms with Crippen molar-refractivity contribution in [1.82, 2.24) is 4.98 Å². The number of ketones is 1. The van der Waals surface area contributed by atoms with Crippen molar-refractivity contribution in [3.63, 3.8) is 0 Å². The van der Waals surface area contributed by atoms with E-state index in [4.69, 9.17) is 11.6 Å². The zero-order valence-electron chi connectivity index (χ0n) is 13.7. The maximum absolute atomic E-state index is 13.5. The summed E-state index contributed by atoms with van der Waals surface area (Å²) in [7, 11) is 0. The summed E-state index contributed by atoms with van der Waals surface area (Å²) in [5, 5.41) is 0.411. The summed E-state index contributed by atoms with van der Waals surface area (Å²) < 4.78 is 13.5. The van der Waals surface area contributed by atoms with Crippen molar-refractivity contribution in [1.29, 1.82) is 0 Å². The lowest BCUT2D eigenvalue weighted by Crippen LogP contribution is -2.01. The molecular weight excluding hydrogens is 313 g/mol. The first-order valence-corrected chi connectivity index (χ1v) is 8.47. The van der Waals surface area contributed by atoms with Crippen LogP contribution in [0.1, 0.15) is 62.0 Å². The lowest BCUT2D eigenvalue weighted by atomic mass is 9.95. The maximum Gasteiger partial charge on any atom is 0.163 e. The molecule has 0 unspecified atom stereocenters. The van der Waals surface area contributed by atoms with E-state index in [0.29, 0.717) is 23.1 Å². The highest BCUT2D eigenvalue weighted by Gasteiger charge is 2.26. The quantitative estimate of drug-likeness (QED) is 0.504. The fourth-order valence-corrected chi connectivity index (χ4v) is 2.67. The minimum Gasteiger partial charge on any atom is -0.294 e. The second-order valence-corrected chi connectivity index (χ2v) is 5.73. The highest BCUT2D eigenvalue weighted by molar-refractivity contribution is 6.29. The smallest absolute Gasteiger partial charge is 0.163 e. The average Bonchev–Trinajstić information content (AvgIpc) is 3.40.